The molecule has 1 amide bonds. The first-order chi connectivity index (χ1) is 11.6. The number of aliphatic hydroxyl groups is 1. The lowest BCUT2D eigenvalue weighted by atomic mass is 9.90. The number of ether oxygens (including phenoxy) is 1. The zero-order chi connectivity index (χ0) is 18.8. The first kappa shape index (κ1) is 20.3. The molecular weight excluding hydrogens is 393 g/mol. The molecule has 1 aromatic rings. The summed E-state index contributed by atoms with van der Waals surface area (Å²) in [6, 6.07) is 4.80. The zero-order valence-corrected chi connectivity index (χ0v) is 15.8. The predicted octanol–water partition coefficient (Wildman–Crippen LogP) is 1.86. The Labute approximate surface area is 156 Å². The monoisotopic (exact) mass is 411 g/mol. The lowest BCUT2D eigenvalue weighted by Gasteiger charge is -2.30. The Balaban J connectivity index is 2.39. The normalized spacial score (nSPS) is 23.1. The number of aliphatic hydroxyl groups excluding tert-OH is 1. The SMILES string of the molecule is CS(=O)(=O)CC(O)C1OCCN(C(=O)O)CC1c1ccc(Cl)c(Cl)c1. The second kappa shape index (κ2) is 8.09. The van der Waals surface area contributed by atoms with Crippen LogP contribution in [-0.4, -0.2) is 73.5 Å². The quantitative estimate of drug-likeness (QED) is 0.783. The van der Waals surface area contributed by atoms with Crippen LogP contribution in [0.25, 0.3) is 0 Å². The van der Waals surface area contributed by atoms with Gasteiger partial charge in [0, 0.05) is 25.3 Å². The van der Waals surface area contributed by atoms with Crippen LogP contribution in [0.5, 0.6) is 0 Å². The van der Waals surface area contributed by atoms with Crippen LogP contribution >= 0.6 is 23.2 Å². The molecule has 1 fully saturated rings. The number of rotatable bonds is 4. The summed E-state index contributed by atoms with van der Waals surface area (Å²) >= 11 is 12.0. The van der Waals surface area contributed by atoms with Crippen molar-refractivity contribution in [2.75, 3.05) is 31.7 Å². The van der Waals surface area contributed by atoms with Gasteiger partial charge < -0.3 is 19.8 Å². The Morgan fingerprint density at radius 1 is 1.40 bits per heavy atom. The Hall–Kier alpha value is -1.06. The Kier molecular flexibility index (Phi) is 6.56. The summed E-state index contributed by atoms with van der Waals surface area (Å²) in [5.41, 5.74) is 0.611. The first-order valence-electron chi connectivity index (χ1n) is 7.48. The van der Waals surface area contributed by atoms with Gasteiger partial charge in [-0.3, -0.25) is 0 Å². The van der Waals surface area contributed by atoms with Crippen LogP contribution in [0, 0.1) is 0 Å². The van der Waals surface area contributed by atoms with E-state index in [1.165, 1.54) is 4.90 Å². The maximum absolute atomic E-state index is 11.5. The van der Waals surface area contributed by atoms with Crippen LogP contribution < -0.4 is 0 Å². The van der Waals surface area contributed by atoms with Crippen LogP contribution in [0.1, 0.15) is 11.5 Å². The fraction of sp³-hybridized carbons (Fsp3) is 0.533. The van der Waals surface area contributed by atoms with E-state index in [0.717, 1.165) is 6.26 Å². The molecule has 0 radical (unpaired) electrons. The van der Waals surface area contributed by atoms with Gasteiger partial charge in [0.1, 0.15) is 9.84 Å². The van der Waals surface area contributed by atoms with E-state index in [2.05, 4.69) is 0 Å². The van der Waals surface area contributed by atoms with Gasteiger partial charge in [-0.05, 0) is 17.7 Å². The molecule has 10 heteroatoms. The van der Waals surface area contributed by atoms with Crippen LogP contribution in [0.15, 0.2) is 18.2 Å². The summed E-state index contributed by atoms with van der Waals surface area (Å²) in [6.07, 6.45) is -2.29. The van der Waals surface area contributed by atoms with Crippen LogP contribution in [0.2, 0.25) is 10.0 Å². The van der Waals surface area contributed by atoms with E-state index in [9.17, 15) is 23.4 Å². The Morgan fingerprint density at radius 3 is 2.64 bits per heavy atom. The second-order valence-corrected chi connectivity index (χ2v) is 9.00. The molecule has 0 bridgehead atoms. The molecule has 140 valence electrons. The van der Waals surface area contributed by atoms with E-state index >= 15 is 0 Å². The van der Waals surface area contributed by atoms with Gasteiger partial charge in [0.25, 0.3) is 0 Å². The molecule has 7 nitrogen and oxygen atoms in total. The van der Waals surface area contributed by atoms with Gasteiger partial charge >= 0.3 is 6.09 Å². The van der Waals surface area contributed by atoms with E-state index in [-0.39, 0.29) is 24.7 Å². The summed E-state index contributed by atoms with van der Waals surface area (Å²) in [5.74, 6) is -1.08. The standard InChI is InChI=1S/C15H19Cl2NO6S/c1-25(22,23)8-13(19)14-10(7-18(15(20)21)4-5-24-14)9-2-3-11(16)12(17)6-9/h2-3,6,10,13-14,19H,4-5,7-8H2,1H3,(H,20,21). The van der Waals surface area contributed by atoms with Crippen molar-refractivity contribution in [2.45, 2.75) is 18.1 Å². The number of hydrogen-bond donors (Lipinski definition) is 2. The minimum Gasteiger partial charge on any atom is -0.465 e. The van der Waals surface area contributed by atoms with Gasteiger partial charge in [-0.15, -0.1) is 0 Å². The van der Waals surface area contributed by atoms with Gasteiger partial charge in [-0.25, -0.2) is 13.2 Å². The van der Waals surface area contributed by atoms with E-state index in [0.29, 0.717) is 10.6 Å². The molecule has 25 heavy (non-hydrogen) atoms. The third kappa shape index (κ3) is 5.46. The Bertz CT molecular complexity index is 742. The molecule has 2 N–H and O–H groups in total. The number of hydrogen-bond acceptors (Lipinski definition) is 5. The van der Waals surface area contributed by atoms with Crippen molar-refractivity contribution in [2.24, 2.45) is 0 Å². The summed E-state index contributed by atoms with van der Waals surface area (Å²) in [5, 5.41) is 20.3. The maximum Gasteiger partial charge on any atom is 0.407 e. The molecule has 1 saturated heterocycles. The van der Waals surface area contributed by atoms with Crippen molar-refractivity contribution in [1.82, 2.24) is 4.90 Å². The topological polar surface area (TPSA) is 104 Å². The Morgan fingerprint density at radius 2 is 2.08 bits per heavy atom. The van der Waals surface area contributed by atoms with E-state index < -0.39 is 39.8 Å². The minimum atomic E-state index is -3.44. The molecule has 3 unspecified atom stereocenters. The number of nitrogens with zero attached hydrogens (tertiary/aromatic N) is 1. The fourth-order valence-electron chi connectivity index (χ4n) is 2.84. The van der Waals surface area contributed by atoms with Crippen molar-refractivity contribution in [1.29, 1.82) is 0 Å². The lowest BCUT2D eigenvalue weighted by molar-refractivity contribution is -0.0310. The average molecular weight is 412 g/mol. The number of amides is 1. The van der Waals surface area contributed by atoms with E-state index in [1.54, 1.807) is 18.2 Å². The fourth-order valence-corrected chi connectivity index (χ4v) is 3.96. The highest BCUT2D eigenvalue weighted by Gasteiger charge is 2.37. The maximum atomic E-state index is 11.5. The highest BCUT2D eigenvalue weighted by molar-refractivity contribution is 7.90. The predicted molar refractivity (Wildman–Crippen MR) is 94.3 cm³/mol. The largest absolute Gasteiger partial charge is 0.465 e. The van der Waals surface area contributed by atoms with Crippen LogP contribution in [0.4, 0.5) is 4.79 Å². The highest BCUT2D eigenvalue weighted by Crippen LogP contribution is 2.32. The van der Waals surface area contributed by atoms with Gasteiger partial charge in [0.05, 0.1) is 34.6 Å². The molecule has 0 aromatic heterocycles. The molecule has 0 saturated carbocycles. The molecule has 1 aromatic carbocycles. The molecule has 3 atom stereocenters. The third-order valence-corrected chi connectivity index (χ3v) is 5.67. The van der Waals surface area contributed by atoms with E-state index in [4.69, 9.17) is 27.9 Å². The summed E-state index contributed by atoms with van der Waals surface area (Å²) in [4.78, 5) is 12.5. The third-order valence-electron chi connectivity index (χ3n) is 3.98. The van der Waals surface area contributed by atoms with Gasteiger partial charge in [-0.1, -0.05) is 29.3 Å². The van der Waals surface area contributed by atoms with Crippen LogP contribution in [0.3, 0.4) is 0 Å². The zero-order valence-electron chi connectivity index (χ0n) is 13.4. The van der Waals surface area contributed by atoms with E-state index in [1.807, 2.05) is 0 Å². The molecule has 1 heterocycles. The summed E-state index contributed by atoms with van der Waals surface area (Å²) in [7, 11) is -3.44. The van der Waals surface area contributed by atoms with Crippen molar-refractivity contribution in [3.05, 3.63) is 33.8 Å². The average Bonchev–Trinajstić information content (AvgIpc) is 2.71. The van der Waals surface area contributed by atoms with Crippen molar-refractivity contribution >= 4 is 39.1 Å². The number of carboxylic acid groups (broad SMARTS) is 1. The molecular formula is C15H19Cl2NO6S. The van der Waals surface area contributed by atoms with Gasteiger partial charge in [0.15, 0.2) is 0 Å². The number of carbonyl (C=O) groups is 1. The first-order valence-corrected chi connectivity index (χ1v) is 10.3. The number of benzene rings is 1. The number of sulfone groups is 1. The lowest BCUT2D eigenvalue weighted by Crippen LogP contribution is -2.41. The molecule has 0 aliphatic carbocycles. The summed E-state index contributed by atoms with van der Waals surface area (Å²) in [6.45, 7) is 0.212. The van der Waals surface area contributed by atoms with Gasteiger partial charge in [0.2, 0.25) is 0 Å². The number of halogens is 2. The van der Waals surface area contributed by atoms with Crippen molar-refractivity contribution in [3.8, 4) is 0 Å². The molecule has 1 aliphatic rings. The smallest absolute Gasteiger partial charge is 0.407 e. The minimum absolute atomic E-state index is 0.0405. The molecule has 0 spiro atoms. The van der Waals surface area contributed by atoms with Crippen molar-refractivity contribution in [3.63, 3.8) is 0 Å². The molecule has 2 rings (SSSR count). The molecule has 1 aliphatic heterocycles. The van der Waals surface area contributed by atoms with Crippen LogP contribution in [-0.2, 0) is 14.6 Å². The van der Waals surface area contributed by atoms with Gasteiger partial charge in [-0.2, -0.15) is 0 Å². The van der Waals surface area contributed by atoms with Crippen molar-refractivity contribution < 1.29 is 28.2 Å². The second-order valence-electron chi connectivity index (χ2n) is 6.00. The highest BCUT2D eigenvalue weighted by atomic mass is 35.5. The summed E-state index contributed by atoms with van der Waals surface area (Å²) < 4.78 is 28.7.